The maximum absolute atomic E-state index is 14.3. The number of carbonyl (C=O) groups is 4. The summed E-state index contributed by atoms with van der Waals surface area (Å²) in [5, 5.41) is 2.84. The van der Waals surface area contributed by atoms with Gasteiger partial charge < -0.3 is 10.2 Å². The Morgan fingerprint density at radius 2 is 1.62 bits per heavy atom. The molecule has 1 N–H and O–H groups in total. The van der Waals surface area contributed by atoms with Crippen LogP contribution in [-0.4, -0.2) is 65.3 Å². The van der Waals surface area contributed by atoms with Gasteiger partial charge in [-0.1, -0.05) is 25.4 Å². The van der Waals surface area contributed by atoms with Gasteiger partial charge in [-0.05, 0) is 61.2 Å². The fourth-order valence-electron chi connectivity index (χ4n) is 5.11. The topological polar surface area (TPSA) is 90.0 Å². The third-order valence-electron chi connectivity index (χ3n) is 7.35. The van der Waals surface area contributed by atoms with Crippen molar-refractivity contribution in [1.29, 1.82) is 0 Å². The molecule has 5 amide bonds. The van der Waals surface area contributed by atoms with Crippen molar-refractivity contribution in [3.8, 4) is 0 Å². The first-order valence-corrected chi connectivity index (χ1v) is 12.9. The lowest BCUT2D eigenvalue weighted by Crippen LogP contribution is -2.60. The van der Waals surface area contributed by atoms with Crippen molar-refractivity contribution in [2.45, 2.75) is 44.4 Å². The summed E-state index contributed by atoms with van der Waals surface area (Å²) in [6, 6.07) is 6.26. The van der Waals surface area contributed by atoms with Crippen LogP contribution in [0.5, 0.6) is 0 Å². The molecule has 214 valence electrons. The van der Waals surface area contributed by atoms with Crippen molar-refractivity contribution in [3.05, 3.63) is 64.4 Å². The number of hydrogen-bond donors (Lipinski definition) is 1. The van der Waals surface area contributed by atoms with Crippen molar-refractivity contribution >= 4 is 41.0 Å². The number of imide groups is 1. The molecule has 40 heavy (non-hydrogen) atoms. The van der Waals surface area contributed by atoms with Crippen LogP contribution in [0.2, 0.25) is 5.02 Å². The third kappa shape index (κ3) is 5.24. The Morgan fingerprint density at radius 3 is 2.17 bits per heavy atom. The first kappa shape index (κ1) is 29.3. The van der Waals surface area contributed by atoms with E-state index in [1.54, 1.807) is 38.1 Å². The molecule has 1 atom stereocenters. The number of alkyl halides is 3. The Kier molecular flexibility index (Phi) is 7.85. The number of rotatable bonds is 5. The molecule has 2 aliphatic heterocycles. The average Bonchev–Trinajstić information content (AvgIpc) is 3.07. The van der Waals surface area contributed by atoms with Crippen molar-refractivity contribution in [1.82, 2.24) is 15.1 Å². The molecule has 1 spiro atoms. The van der Waals surface area contributed by atoms with Crippen LogP contribution < -0.4 is 10.2 Å². The second-order valence-electron chi connectivity index (χ2n) is 10.2. The Hall–Kier alpha value is -3.67. The summed E-state index contributed by atoms with van der Waals surface area (Å²) in [6.45, 7) is 3.39. The van der Waals surface area contributed by atoms with Crippen LogP contribution in [0.25, 0.3) is 0 Å². The minimum Gasteiger partial charge on any atom is -0.341 e. The van der Waals surface area contributed by atoms with Gasteiger partial charge in [0.2, 0.25) is 5.91 Å². The smallest absolute Gasteiger partial charge is 0.341 e. The molecular weight excluding hydrogens is 556 g/mol. The summed E-state index contributed by atoms with van der Waals surface area (Å²) < 4.78 is 53.6. The predicted molar refractivity (Wildman–Crippen MR) is 138 cm³/mol. The van der Waals surface area contributed by atoms with Gasteiger partial charge in [0.05, 0.1) is 11.1 Å². The zero-order valence-electron chi connectivity index (χ0n) is 21.9. The Balaban J connectivity index is 1.53. The van der Waals surface area contributed by atoms with Crippen LogP contribution in [0.1, 0.15) is 42.6 Å². The minimum atomic E-state index is -4.78. The van der Waals surface area contributed by atoms with E-state index in [4.69, 9.17) is 11.6 Å². The van der Waals surface area contributed by atoms with Crippen molar-refractivity contribution in [2.75, 3.05) is 25.0 Å². The van der Waals surface area contributed by atoms with Gasteiger partial charge in [0.25, 0.3) is 11.8 Å². The molecule has 2 fully saturated rings. The number of anilines is 1. The number of urea groups is 1. The molecule has 13 heteroatoms. The van der Waals surface area contributed by atoms with Crippen LogP contribution in [0.4, 0.5) is 28.0 Å². The molecule has 2 aromatic rings. The van der Waals surface area contributed by atoms with Crippen LogP contribution in [0, 0.1) is 11.7 Å². The first-order chi connectivity index (χ1) is 18.7. The van der Waals surface area contributed by atoms with E-state index in [0.717, 1.165) is 4.90 Å². The highest BCUT2D eigenvalue weighted by Gasteiger charge is 2.58. The highest BCUT2D eigenvalue weighted by atomic mass is 35.5. The lowest BCUT2D eigenvalue weighted by Gasteiger charge is -2.43. The van der Waals surface area contributed by atoms with E-state index in [1.807, 2.05) is 0 Å². The zero-order valence-corrected chi connectivity index (χ0v) is 22.6. The molecule has 0 radical (unpaired) electrons. The molecule has 2 heterocycles. The molecule has 0 saturated carbocycles. The molecule has 1 unspecified atom stereocenters. The van der Waals surface area contributed by atoms with Gasteiger partial charge in [-0.2, -0.15) is 13.2 Å². The number of piperidine rings is 1. The highest BCUT2D eigenvalue weighted by molar-refractivity contribution is 6.30. The largest absolute Gasteiger partial charge is 0.416 e. The summed E-state index contributed by atoms with van der Waals surface area (Å²) in [5.74, 6) is -3.75. The normalized spacial score (nSPS) is 18.1. The van der Waals surface area contributed by atoms with Crippen LogP contribution in [0.3, 0.4) is 0 Å². The highest BCUT2D eigenvalue weighted by Crippen LogP contribution is 2.40. The second kappa shape index (κ2) is 10.7. The number of amides is 5. The van der Waals surface area contributed by atoms with E-state index >= 15 is 0 Å². The Morgan fingerprint density at radius 1 is 1.02 bits per heavy atom. The number of likely N-dealkylation sites (tertiary alicyclic amines) is 1. The standard InChI is InChI=1S/C27H27ClF4N4O4/c1-15(2)21(33-22(37)19-14-16(27(30,31)32)4-9-20(19)29)23(38)35-12-10-26(11-13-35)24(39)34(3)25(40)36(26)18-7-5-17(28)6-8-18/h4-9,14-15,21H,10-13H2,1-3H3,(H,33,37). The first-order valence-electron chi connectivity index (χ1n) is 12.5. The van der Waals surface area contributed by atoms with E-state index in [1.165, 1.54) is 16.8 Å². The maximum Gasteiger partial charge on any atom is 0.416 e. The lowest BCUT2D eigenvalue weighted by molar-refractivity contribution is -0.139. The van der Waals surface area contributed by atoms with E-state index in [9.17, 15) is 36.7 Å². The fraction of sp³-hybridized carbons (Fsp3) is 0.407. The summed E-state index contributed by atoms with van der Waals surface area (Å²) in [4.78, 5) is 56.4. The second-order valence-corrected chi connectivity index (χ2v) is 10.6. The number of halogens is 5. The Labute approximate surface area is 232 Å². The van der Waals surface area contributed by atoms with E-state index in [2.05, 4.69) is 5.32 Å². The predicted octanol–water partition coefficient (Wildman–Crippen LogP) is 4.71. The van der Waals surface area contributed by atoms with Gasteiger partial charge in [0, 0.05) is 30.8 Å². The van der Waals surface area contributed by atoms with Crippen LogP contribution >= 0.6 is 11.6 Å². The maximum atomic E-state index is 14.3. The quantitative estimate of drug-likeness (QED) is 0.408. The number of benzene rings is 2. The van der Waals surface area contributed by atoms with Gasteiger partial charge in [-0.3, -0.25) is 24.2 Å². The van der Waals surface area contributed by atoms with Crippen molar-refractivity contribution in [2.24, 2.45) is 5.92 Å². The molecule has 2 aliphatic rings. The number of nitrogens with one attached hydrogen (secondary N) is 1. The number of likely N-dealkylation sites (N-methyl/N-ethyl adjacent to an activating group) is 1. The van der Waals surface area contributed by atoms with Gasteiger partial charge in [0.15, 0.2) is 0 Å². The van der Waals surface area contributed by atoms with Crippen LogP contribution in [0.15, 0.2) is 42.5 Å². The molecule has 0 aliphatic carbocycles. The third-order valence-corrected chi connectivity index (χ3v) is 7.61. The zero-order chi connectivity index (χ0) is 29.6. The van der Waals surface area contributed by atoms with Gasteiger partial charge in [-0.25, -0.2) is 9.18 Å². The van der Waals surface area contributed by atoms with Crippen molar-refractivity contribution < 1.29 is 36.7 Å². The molecule has 4 rings (SSSR count). The number of nitrogens with zero attached hydrogens (tertiary/aromatic N) is 3. The van der Waals surface area contributed by atoms with E-state index < -0.39 is 64.4 Å². The van der Waals surface area contributed by atoms with Gasteiger partial charge >= 0.3 is 12.2 Å². The summed E-state index contributed by atoms with van der Waals surface area (Å²) >= 11 is 5.98. The summed E-state index contributed by atoms with van der Waals surface area (Å²) in [6.07, 6.45) is -4.57. The summed E-state index contributed by atoms with van der Waals surface area (Å²) in [5.41, 5.74) is -2.78. The van der Waals surface area contributed by atoms with Crippen LogP contribution in [-0.2, 0) is 15.8 Å². The van der Waals surface area contributed by atoms with Crippen molar-refractivity contribution in [3.63, 3.8) is 0 Å². The average molecular weight is 583 g/mol. The van der Waals surface area contributed by atoms with E-state index in [-0.39, 0.29) is 25.9 Å². The molecule has 0 aromatic heterocycles. The fourth-order valence-corrected chi connectivity index (χ4v) is 5.24. The number of hydrogen-bond acceptors (Lipinski definition) is 4. The molecule has 8 nitrogen and oxygen atoms in total. The number of carbonyl (C=O) groups excluding carboxylic acids is 4. The monoisotopic (exact) mass is 582 g/mol. The minimum absolute atomic E-state index is 0.0623. The molecule has 2 saturated heterocycles. The molecule has 0 bridgehead atoms. The summed E-state index contributed by atoms with van der Waals surface area (Å²) in [7, 11) is 1.39. The molecular formula is C27H27ClF4N4O4. The SMILES string of the molecule is CC(C)C(NC(=O)c1cc(C(F)(F)F)ccc1F)C(=O)N1CCC2(CC1)C(=O)N(C)C(=O)N2c1ccc(Cl)cc1. The lowest BCUT2D eigenvalue weighted by atomic mass is 9.85. The Bertz CT molecular complexity index is 1340. The van der Waals surface area contributed by atoms with Gasteiger partial charge in [0.1, 0.15) is 17.4 Å². The van der Waals surface area contributed by atoms with E-state index in [0.29, 0.717) is 28.9 Å². The molecule has 2 aromatic carbocycles. The van der Waals surface area contributed by atoms with Gasteiger partial charge in [-0.15, -0.1) is 0 Å².